The molecule has 0 unspecified atom stereocenters. The Balaban J connectivity index is 1.95. The molecule has 1 heterocycles. The van der Waals surface area contributed by atoms with Gasteiger partial charge < -0.3 is 10.1 Å². The topological polar surface area (TPSA) is 81.5 Å². The van der Waals surface area contributed by atoms with E-state index in [9.17, 15) is 14.9 Å². The van der Waals surface area contributed by atoms with Crippen molar-refractivity contribution in [3.63, 3.8) is 0 Å². The van der Waals surface area contributed by atoms with Gasteiger partial charge in [0.25, 0.3) is 5.69 Å². The Hall–Kier alpha value is -2.37. The fourth-order valence-corrected chi connectivity index (χ4v) is 1.44. The Morgan fingerprint density at radius 1 is 1.35 bits per heavy atom. The number of cyclic esters (lactones) is 1. The molecule has 17 heavy (non-hydrogen) atoms. The third-order valence-electron chi connectivity index (χ3n) is 2.35. The van der Waals surface area contributed by atoms with Gasteiger partial charge in [0.1, 0.15) is 12.3 Å². The quantitative estimate of drug-likeness (QED) is 0.479. The summed E-state index contributed by atoms with van der Waals surface area (Å²) < 4.78 is 4.72. The first-order chi connectivity index (χ1) is 8.16. The van der Waals surface area contributed by atoms with Crippen molar-refractivity contribution in [3.8, 4) is 0 Å². The highest BCUT2D eigenvalue weighted by Crippen LogP contribution is 2.12. The number of carbonyl (C=O) groups excluding carboxylic acids is 1. The molecule has 0 amide bonds. The van der Waals surface area contributed by atoms with Gasteiger partial charge in [0.05, 0.1) is 4.92 Å². The Labute approximate surface area is 97.0 Å². The number of benzene rings is 1. The van der Waals surface area contributed by atoms with Crippen molar-refractivity contribution in [2.45, 2.75) is 6.54 Å². The third-order valence-corrected chi connectivity index (χ3v) is 2.35. The third kappa shape index (κ3) is 2.60. The zero-order valence-corrected chi connectivity index (χ0v) is 8.88. The zero-order chi connectivity index (χ0) is 12.3. The predicted octanol–water partition coefficient (Wildman–Crippen LogP) is 1.13. The highest BCUT2D eigenvalue weighted by Gasteiger charge is 2.15. The SMILES string of the molecule is O=C1OCC=C1NCc1ccc([N+](=O)[O-])cc1. The van der Waals surface area contributed by atoms with Crippen LogP contribution in [-0.2, 0) is 16.1 Å². The van der Waals surface area contributed by atoms with Gasteiger partial charge in [-0.1, -0.05) is 12.1 Å². The van der Waals surface area contributed by atoms with Crippen molar-refractivity contribution in [1.29, 1.82) is 0 Å². The maximum Gasteiger partial charge on any atom is 0.354 e. The molecule has 0 aromatic heterocycles. The normalized spacial score (nSPS) is 14.1. The van der Waals surface area contributed by atoms with E-state index in [0.717, 1.165) is 5.56 Å². The average Bonchev–Trinajstić information content (AvgIpc) is 2.73. The van der Waals surface area contributed by atoms with E-state index >= 15 is 0 Å². The number of hydrogen-bond acceptors (Lipinski definition) is 5. The van der Waals surface area contributed by atoms with Crippen LogP contribution in [0.4, 0.5) is 5.69 Å². The molecular weight excluding hydrogens is 224 g/mol. The minimum atomic E-state index is -0.450. The van der Waals surface area contributed by atoms with Crippen LogP contribution in [0.25, 0.3) is 0 Å². The molecule has 0 saturated carbocycles. The lowest BCUT2D eigenvalue weighted by molar-refractivity contribution is -0.384. The molecule has 0 radical (unpaired) electrons. The molecule has 2 rings (SSSR count). The molecule has 1 N–H and O–H groups in total. The van der Waals surface area contributed by atoms with E-state index in [0.29, 0.717) is 18.8 Å². The number of nitro benzene ring substituents is 1. The summed E-state index contributed by atoms with van der Waals surface area (Å²) in [6, 6.07) is 6.15. The van der Waals surface area contributed by atoms with E-state index in [1.807, 2.05) is 0 Å². The molecule has 6 nitrogen and oxygen atoms in total. The van der Waals surface area contributed by atoms with Crippen LogP contribution in [0.2, 0.25) is 0 Å². The van der Waals surface area contributed by atoms with Gasteiger partial charge in [0.15, 0.2) is 0 Å². The van der Waals surface area contributed by atoms with Crippen LogP contribution >= 0.6 is 0 Å². The van der Waals surface area contributed by atoms with Crippen LogP contribution in [0.1, 0.15) is 5.56 Å². The van der Waals surface area contributed by atoms with Crippen LogP contribution in [0, 0.1) is 10.1 Å². The smallest absolute Gasteiger partial charge is 0.354 e. The minimum Gasteiger partial charge on any atom is -0.457 e. The number of nitrogens with zero attached hydrogens (tertiary/aromatic N) is 1. The Morgan fingerprint density at radius 2 is 2.06 bits per heavy atom. The molecular formula is C11H10N2O4. The van der Waals surface area contributed by atoms with E-state index in [4.69, 9.17) is 4.74 Å². The molecule has 0 spiro atoms. The number of esters is 1. The summed E-state index contributed by atoms with van der Waals surface area (Å²) >= 11 is 0. The summed E-state index contributed by atoms with van der Waals surface area (Å²) in [5.41, 5.74) is 1.34. The number of nitrogens with one attached hydrogen (secondary N) is 1. The van der Waals surface area contributed by atoms with E-state index in [1.54, 1.807) is 18.2 Å². The lowest BCUT2D eigenvalue weighted by Gasteiger charge is -2.04. The highest BCUT2D eigenvalue weighted by atomic mass is 16.6. The van der Waals surface area contributed by atoms with Crippen LogP contribution in [0.5, 0.6) is 0 Å². The van der Waals surface area contributed by atoms with Crippen LogP contribution in [0.15, 0.2) is 36.0 Å². The van der Waals surface area contributed by atoms with E-state index in [2.05, 4.69) is 5.32 Å². The summed E-state index contributed by atoms with van der Waals surface area (Å²) in [6.45, 7) is 0.723. The van der Waals surface area contributed by atoms with Crippen molar-refractivity contribution in [2.75, 3.05) is 6.61 Å². The maximum atomic E-state index is 11.1. The maximum absolute atomic E-state index is 11.1. The molecule has 0 aliphatic carbocycles. The van der Waals surface area contributed by atoms with E-state index in [1.165, 1.54) is 12.1 Å². The van der Waals surface area contributed by atoms with Crippen molar-refractivity contribution in [2.24, 2.45) is 0 Å². The van der Waals surface area contributed by atoms with Crippen molar-refractivity contribution in [1.82, 2.24) is 5.32 Å². The number of nitro groups is 1. The monoisotopic (exact) mass is 234 g/mol. The van der Waals surface area contributed by atoms with Crippen molar-refractivity contribution in [3.05, 3.63) is 51.7 Å². The number of ether oxygens (including phenoxy) is 1. The molecule has 1 aromatic rings. The largest absolute Gasteiger partial charge is 0.457 e. The van der Waals surface area contributed by atoms with Crippen molar-refractivity contribution >= 4 is 11.7 Å². The lowest BCUT2D eigenvalue weighted by Crippen LogP contribution is -2.17. The van der Waals surface area contributed by atoms with Crippen molar-refractivity contribution < 1.29 is 14.5 Å². The average molecular weight is 234 g/mol. The molecule has 88 valence electrons. The number of carbonyl (C=O) groups is 1. The Morgan fingerprint density at radius 3 is 2.59 bits per heavy atom. The first-order valence-electron chi connectivity index (χ1n) is 5.01. The number of rotatable bonds is 4. The highest BCUT2D eigenvalue weighted by molar-refractivity contribution is 5.89. The summed E-state index contributed by atoms with van der Waals surface area (Å²) in [4.78, 5) is 21.1. The Bertz CT molecular complexity index is 479. The summed E-state index contributed by atoms with van der Waals surface area (Å²) in [5.74, 6) is -0.369. The van der Waals surface area contributed by atoms with Gasteiger partial charge in [-0.25, -0.2) is 4.79 Å². The van der Waals surface area contributed by atoms with Crippen LogP contribution in [0.3, 0.4) is 0 Å². The lowest BCUT2D eigenvalue weighted by atomic mass is 10.2. The number of hydrogen-bond donors (Lipinski definition) is 1. The second kappa shape index (κ2) is 4.65. The van der Waals surface area contributed by atoms with Crippen LogP contribution in [-0.4, -0.2) is 17.5 Å². The van der Waals surface area contributed by atoms with Gasteiger partial charge in [0.2, 0.25) is 0 Å². The second-order valence-corrected chi connectivity index (χ2v) is 3.49. The second-order valence-electron chi connectivity index (χ2n) is 3.49. The minimum absolute atomic E-state index is 0.0493. The fourth-order valence-electron chi connectivity index (χ4n) is 1.44. The van der Waals surface area contributed by atoms with Gasteiger partial charge >= 0.3 is 5.97 Å². The standard InChI is InChI=1S/C11H10N2O4/c14-11-10(5-6-17-11)12-7-8-1-3-9(4-2-8)13(15)16/h1-5,12H,6-7H2. The first kappa shape index (κ1) is 11.1. The Kier molecular flexibility index (Phi) is 3.04. The van der Waals surface area contributed by atoms with Gasteiger partial charge in [-0.3, -0.25) is 10.1 Å². The molecule has 6 heteroatoms. The fraction of sp³-hybridized carbons (Fsp3) is 0.182. The van der Waals surface area contributed by atoms with Gasteiger partial charge in [0, 0.05) is 18.7 Å². The zero-order valence-electron chi connectivity index (χ0n) is 8.88. The van der Waals surface area contributed by atoms with Gasteiger partial charge in [-0.05, 0) is 11.6 Å². The molecule has 0 saturated heterocycles. The molecule has 1 aliphatic heterocycles. The molecule has 0 bridgehead atoms. The predicted molar refractivity (Wildman–Crippen MR) is 59.0 cm³/mol. The van der Waals surface area contributed by atoms with E-state index in [-0.39, 0.29) is 11.7 Å². The van der Waals surface area contributed by atoms with Crippen LogP contribution < -0.4 is 5.32 Å². The van der Waals surface area contributed by atoms with Gasteiger partial charge in [-0.2, -0.15) is 0 Å². The molecule has 0 fully saturated rings. The molecule has 0 atom stereocenters. The summed E-state index contributed by atoms with van der Waals surface area (Å²) in [5, 5.41) is 13.4. The first-order valence-corrected chi connectivity index (χ1v) is 5.01. The van der Waals surface area contributed by atoms with E-state index < -0.39 is 4.92 Å². The number of non-ortho nitro benzene ring substituents is 1. The molecule has 1 aliphatic rings. The summed E-state index contributed by atoms with van der Waals surface area (Å²) in [6.07, 6.45) is 1.66. The molecule has 1 aromatic carbocycles. The summed E-state index contributed by atoms with van der Waals surface area (Å²) in [7, 11) is 0. The van der Waals surface area contributed by atoms with Gasteiger partial charge in [-0.15, -0.1) is 0 Å².